The van der Waals surface area contributed by atoms with Crippen LogP contribution >= 0.6 is 11.8 Å². The van der Waals surface area contributed by atoms with Crippen molar-refractivity contribution in [2.24, 2.45) is 0 Å². The zero-order chi connectivity index (χ0) is 13.1. The second kappa shape index (κ2) is 5.27. The summed E-state index contributed by atoms with van der Waals surface area (Å²) in [6.45, 7) is 0.716. The van der Waals surface area contributed by atoms with Crippen molar-refractivity contribution in [2.75, 3.05) is 11.6 Å². The molecule has 1 aromatic carbocycles. The molecule has 0 aliphatic carbocycles. The Hall–Kier alpha value is -2.08. The van der Waals surface area contributed by atoms with Gasteiger partial charge in [0.25, 0.3) is 0 Å². The van der Waals surface area contributed by atoms with Gasteiger partial charge in [0.2, 0.25) is 5.16 Å². The number of benzene rings is 1. The van der Waals surface area contributed by atoms with Crippen molar-refractivity contribution in [1.82, 2.24) is 19.6 Å². The SMILES string of the molecule is CSc1nc(NCc2ccccc2)c2nccn2n1. The van der Waals surface area contributed by atoms with Crippen molar-refractivity contribution < 1.29 is 0 Å². The molecule has 6 heteroatoms. The number of thioether (sulfide) groups is 1. The summed E-state index contributed by atoms with van der Waals surface area (Å²) in [5, 5.41) is 8.38. The van der Waals surface area contributed by atoms with Crippen LogP contribution in [0, 0.1) is 0 Å². The third-order valence-corrected chi connectivity index (χ3v) is 3.26. The fourth-order valence-electron chi connectivity index (χ4n) is 1.79. The van der Waals surface area contributed by atoms with E-state index in [1.54, 1.807) is 10.7 Å². The lowest BCUT2D eigenvalue weighted by Crippen LogP contribution is -2.06. The Labute approximate surface area is 115 Å². The molecule has 0 saturated carbocycles. The Bertz CT molecular complexity index is 680. The van der Waals surface area contributed by atoms with Gasteiger partial charge in [-0.2, -0.15) is 4.98 Å². The lowest BCUT2D eigenvalue weighted by atomic mass is 10.2. The largest absolute Gasteiger partial charge is 0.363 e. The van der Waals surface area contributed by atoms with Gasteiger partial charge in [0, 0.05) is 18.9 Å². The van der Waals surface area contributed by atoms with Crippen molar-refractivity contribution in [3.05, 3.63) is 48.3 Å². The molecule has 1 N–H and O–H groups in total. The number of hydrogen-bond acceptors (Lipinski definition) is 5. The predicted octanol–water partition coefficient (Wildman–Crippen LogP) is 2.46. The summed E-state index contributed by atoms with van der Waals surface area (Å²) >= 11 is 1.51. The molecule has 96 valence electrons. The molecular weight excluding hydrogens is 258 g/mol. The van der Waals surface area contributed by atoms with E-state index >= 15 is 0 Å². The van der Waals surface area contributed by atoms with E-state index in [4.69, 9.17) is 0 Å². The van der Waals surface area contributed by atoms with E-state index in [2.05, 4.69) is 32.5 Å². The number of rotatable bonds is 4. The highest BCUT2D eigenvalue weighted by Gasteiger charge is 2.07. The second-order valence-electron chi connectivity index (χ2n) is 3.98. The van der Waals surface area contributed by atoms with E-state index in [1.807, 2.05) is 30.7 Å². The molecule has 0 atom stereocenters. The Morgan fingerprint density at radius 1 is 1.26 bits per heavy atom. The van der Waals surface area contributed by atoms with Gasteiger partial charge >= 0.3 is 0 Å². The number of anilines is 1. The highest BCUT2D eigenvalue weighted by Crippen LogP contribution is 2.17. The molecule has 3 aromatic rings. The summed E-state index contributed by atoms with van der Waals surface area (Å²) in [7, 11) is 0. The van der Waals surface area contributed by atoms with Crippen molar-refractivity contribution in [2.45, 2.75) is 11.7 Å². The summed E-state index contributed by atoms with van der Waals surface area (Å²) in [5.74, 6) is 0.758. The maximum atomic E-state index is 4.46. The van der Waals surface area contributed by atoms with Gasteiger partial charge in [0.1, 0.15) is 0 Å². The molecule has 0 aliphatic heterocycles. The third-order valence-electron chi connectivity index (χ3n) is 2.72. The molecule has 0 unspecified atom stereocenters. The van der Waals surface area contributed by atoms with Crippen LogP contribution in [-0.4, -0.2) is 25.8 Å². The molecule has 0 aliphatic rings. The van der Waals surface area contributed by atoms with Crippen LogP contribution < -0.4 is 5.32 Å². The van der Waals surface area contributed by atoms with Gasteiger partial charge in [-0.1, -0.05) is 42.1 Å². The van der Waals surface area contributed by atoms with Crippen LogP contribution in [0.3, 0.4) is 0 Å². The van der Waals surface area contributed by atoms with Crippen LogP contribution in [0.25, 0.3) is 5.65 Å². The lowest BCUT2D eigenvalue weighted by Gasteiger charge is -2.07. The van der Waals surface area contributed by atoms with Gasteiger partial charge in [-0.25, -0.2) is 9.50 Å². The fourth-order valence-corrected chi connectivity index (χ4v) is 2.15. The summed E-state index contributed by atoms with van der Waals surface area (Å²) in [5.41, 5.74) is 1.95. The van der Waals surface area contributed by atoms with E-state index < -0.39 is 0 Å². The van der Waals surface area contributed by atoms with Gasteiger partial charge in [0.05, 0.1) is 0 Å². The molecular formula is C13H13N5S. The molecule has 0 radical (unpaired) electrons. The van der Waals surface area contributed by atoms with E-state index in [-0.39, 0.29) is 0 Å². The number of hydrogen-bond donors (Lipinski definition) is 1. The minimum absolute atomic E-state index is 0.716. The number of nitrogens with one attached hydrogen (secondary N) is 1. The molecule has 0 spiro atoms. The highest BCUT2D eigenvalue weighted by atomic mass is 32.2. The van der Waals surface area contributed by atoms with Gasteiger partial charge in [-0.15, -0.1) is 5.10 Å². The predicted molar refractivity (Wildman–Crippen MR) is 76.3 cm³/mol. The standard InChI is InChI=1S/C13H13N5S/c1-19-13-16-11(12-14-7-8-18(12)17-13)15-9-10-5-3-2-4-6-10/h2-8H,9H2,1H3,(H,15,16,17). The van der Waals surface area contributed by atoms with Crippen molar-refractivity contribution in [3.8, 4) is 0 Å². The summed E-state index contributed by atoms with van der Waals surface area (Å²) in [6, 6.07) is 10.2. The third kappa shape index (κ3) is 2.53. The van der Waals surface area contributed by atoms with Gasteiger partial charge in [-0.05, 0) is 11.8 Å². The average Bonchev–Trinajstić information content (AvgIpc) is 2.94. The minimum atomic E-state index is 0.716. The lowest BCUT2D eigenvalue weighted by molar-refractivity contribution is 0.795. The van der Waals surface area contributed by atoms with E-state index in [0.717, 1.165) is 16.6 Å². The van der Waals surface area contributed by atoms with Crippen molar-refractivity contribution >= 4 is 23.2 Å². The maximum absolute atomic E-state index is 4.46. The molecule has 3 rings (SSSR count). The summed E-state index contributed by atoms with van der Waals surface area (Å²) in [4.78, 5) is 8.74. The zero-order valence-corrected chi connectivity index (χ0v) is 11.3. The van der Waals surface area contributed by atoms with E-state index in [1.165, 1.54) is 17.3 Å². The fraction of sp³-hybridized carbons (Fsp3) is 0.154. The Morgan fingerprint density at radius 3 is 2.89 bits per heavy atom. The van der Waals surface area contributed by atoms with Crippen molar-refractivity contribution in [3.63, 3.8) is 0 Å². The Morgan fingerprint density at radius 2 is 2.11 bits per heavy atom. The number of imidazole rings is 1. The number of aromatic nitrogens is 4. The van der Waals surface area contributed by atoms with Crippen LogP contribution in [0.2, 0.25) is 0 Å². The van der Waals surface area contributed by atoms with Crippen LogP contribution in [0.5, 0.6) is 0 Å². The molecule has 5 nitrogen and oxygen atoms in total. The molecule has 0 bridgehead atoms. The molecule has 0 saturated heterocycles. The van der Waals surface area contributed by atoms with Gasteiger partial charge < -0.3 is 5.32 Å². The second-order valence-corrected chi connectivity index (χ2v) is 4.76. The molecule has 2 heterocycles. The summed E-state index contributed by atoms with van der Waals surface area (Å²) < 4.78 is 1.74. The van der Waals surface area contributed by atoms with Crippen LogP contribution in [0.15, 0.2) is 47.9 Å². The Balaban J connectivity index is 1.89. The van der Waals surface area contributed by atoms with Gasteiger partial charge in [-0.3, -0.25) is 0 Å². The smallest absolute Gasteiger partial charge is 0.209 e. The summed E-state index contributed by atoms with van der Waals surface area (Å²) in [6.07, 6.45) is 5.51. The quantitative estimate of drug-likeness (QED) is 0.739. The topological polar surface area (TPSA) is 55.1 Å². The molecule has 0 fully saturated rings. The van der Waals surface area contributed by atoms with Gasteiger partial charge in [0.15, 0.2) is 11.5 Å². The zero-order valence-electron chi connectivity index (χ0n) is 10.4. The average molecular weight is 271 g/mol. The highest BCUT2D eigenvalue weighted by molar-refractivity contribution is 7.98. The monoisotopic (exact) mass is 271 g/mol. The van der Waals surface area contributed by atoms with Crippen molar-refractivity contribution in [1.29, 1.82) is 0 Å². The first-order valence-electron chi connectivity index (χ1n) is 5.90. The Kier molecular flexibility index (Phi) is 3.33. The first kappa shape index (κ1) is 12.0. The first-order valence-corrected chi connectivity index (χ1v) is 7.12. The normalized spacial score (nSPS) is 10.8. The molecule has 19 heavy (non-hydrogen) atoms. The van der Waals surface area contributed by atoms with Crippen LogP contribution in [0.4, 0.5) is 5.82 Å². The first-order chi connectivity index (χ1) is 9.36. The molecule has 0 amide bonds. The number of nitrogens with zero attached hydrogens (tertiary/aromatic N) is 4. The van der Waals surface area contributed by atoms with E-state index in [9.17, 15) is 0 Å². The maximum Gasteiger partial charge on any atom is 0.209 e. The van der Waals surface area contributed by atoms with Crippen LogP contribution in [-0.2, 0) is 6.54 Å². The number of fused-ring (bicyclic) bond motifs is 1. The minimum Gasteiger partial charge on any atom is -0.363 e. The molecule has 2 aromatic heterocycles. The van der Waals surface area contributed by atoms with E-state index in [0.29, 0.717) is 6.54 Å². The van der Waals surface area contributed by atoms with Crippen LogP contribution in [0.1, 0.15) is 5.56 Å².